The molecule has 0 spiro atoms. The first-order valence-electron chi connectivity index (χ1n) is 9.92. The van der Waals surface area contributed by atoms with Crippen LogP contribution in [0.5, 0.6) is 5.75 Å². The molecule has 0 unspecified atom stereocenters. The molecule has 168 valence electrons. The molecule has 2 atom stereocenters. The van der Waals surface area contributed by atoms with Gasteiger partial charge in [-0.25, -0.2) is 13.9 Å². The Morgan fingerprint density at radius 1 is 1.19 bits per heavy atom. The highest BCUT2D eigenvalue weighted by Gasteiger charge is 2.54. The molecule has 3 rings (SSSR count). The maximum absolute atomic E-state index is 13.4. The number of nitrogens with zero attached hydrogens (tertiary/aromatic N) is 1. The largest absolute Gasteiger partial charge is 0.497 e. The molecule has 7 nitrogen and oxygen atoms in total. The van der Waals surface area contributed by atoms with Gasteiger partial charge in [-0.05, 0) is 46.9 Å². The molecular formula is C22H28N2O5S2. The van der Waals surface area contributed by atoms with Crippen molar-refractivity contribution in [2.75, 3.05) is 19.4 Å². The molecule has 0 aromatic heterocycles. The van der Waals surface area contributed by atoms with E-state index in [-0.39, 0.29) is 17.4 Å². The van der Waals surface area contributed by atoms with Crippen LogP contribution in [0.2, 0.25) is 0 Å². The number of hydrogen-bond donors (Lipinski definition) is 2. The third-order valence-electron chi connectivity index (χ3n) is 5.71. The Morgan fingerprint density at radius 2 is 1.84 bits per heavy atom. The van der Waals surface area contributed by atoms with Crippen LogP contribution in [-0.2, 0) is 20.6 Å². The summed E-state index contributed by atoms with van der Waals surface area (Å²) in [5.74, 6) is 0.885. The summed E-state index contributed by atoms with van der Waals surface area (Å²) in [6.07, 6.45) is 0. The smallest absolute Gasteiger partial charge is 0.262 e. The van der Waals surface area contributed by atoms with Gasteiger partial charge in [0.25, 0.3) is 5.91 Å². The zero-order chi connectivity index (χ0) is 22.6. The van der Waals surface area contributed by atoms with Crippen molar-refractivity contribution in [1.29, 1.82) is 0 Å². The number of amides is 1. The lowest BCUT2D eigenvalue weighted by Crippen LogP contribution is -2.48. The highest BCUT2D eigenvalue weighted by molar-refractivity contribution is 7.98. The van der Waals surface area contributed by atoms with E-state index in [1.807, 2.05) is 44.2 Å². The van der Waals surface area contributed by atoms with E-state index in [1.54, 1.807) is 29.4 Å². The molecule has 0 bridgehead atoms. The lowest BCUT2D eigenvalue weighted by molar-refractivity contribution is -0.133. The zero-order valence-electron chi connectivity index (χ0n) is 17.8. The second kappa shape index (κ2) is 9.60. The van der Waals surface area contributed by atoms with Gasteiger partial charge in [-0.2, -0.15) is 16.1 Å². The standard InChI is InChI=1S/C22H28N2O5S2/c1-22(2)15-24(31(27,28)18-11-9-17(29-3)10-12-18)20(21(25)23-26)19(22)14-30-13-16-7-5-4-6-8-16/h4-12,19-20,26H,13-15H2,1-3H3,(H,23,25)/t19-,20+/m0/s1. The fourth-order valence-electron chi connectivity index (χ4n) is 3.94. The molecule has 2 aromatic rings. The van der Waals surface area contributed by atoms with Crippen LogP contribution < -0.4 is 10.2 Å². The minimum Gasteiger partial charge on any atom is -0.497 e. The molecule has 1 aliphatic heterocycles. The van der Waals surface area contributed by atoms with Crippen LogP contribution in [-0.4, -0.2) is 49.3 Å². The highest BCUT2D eigenvalue weighted by atomic mass is 32.2. The van der Waals surface area contributed by atoms with Crippen LogP contribution in [0.1, 0.15) is 19.4 Å². The van der Waals surface area contributed by atoms with Crippen LogP contribution >= 0.6 is 11.8 Å². The number of nitrogens with one attached hydrogen (secondary N) is 1. The van der Waals surface area contributed by atoms with Crippen molar-refractivity contribution in [2.24, 2.45) is 11.3 Å². The Morgan fingerprint density at radius 3 is 2.42 bits per heavy atom. The van der Waals surface area contributed by atoms with Gasteiger partial charge >= 0.3 is 0 Å². The quantitative estimate of drug-likeness (QED) is 0.460. The van der Waals surface area contributed by atoms with Gasteiger partial charge in [0.2, 0.25) is 10.0 Å². The van der Waals surface area contributed by atoms with Crippen LogP contribution in [0.4, 0.5) is 0 Å². The highest BCUT2D eigenvalue weighted by Crippen LogP contribution is 2.44. The van der Waals surface area contributed by atoms with Crippen molar-refractivity contribution in [2.45, 2.75) is 30.5 Å². The third kappa shape index (κ3) is 5.06. The molecule has 0 radical (unpaired) electrons. The number of thioether (sulfide) groups is 1. The maximum Gasteiger partial charge on any atom is 0.262 e. The second-order valence-corrected chi connectivity index (χ2v) is 11.2. The number of benzene rings is 2. The molecule has 1 heterocycles. The summed E-state index contributed by atoms with van der Waals surface area (Å²) < 4.78 is 33.1. The predicted molar refractivity (Wildman–Crippen MR) is 120 cm³/mol. The average molecular weight is 465 g/mol. The molecule has 2 aromatic carbocycles. The Labute approximate surface area is 187 Å². The van der Waals surface area contributed by atoms with Crippen molar-refractivity contribution in [3.63, 3.8) is 0 Å². The van der Waals surface area contributed by atoms with E-state index >= 15 is 0 Å². The van der Waals surface area contributed by atoms with Gasteiger partial charge in [-0.15, -0.1) is 0 Å². The van der Waals surface area contributed by atoms with Gasteiger partial charge in [0.1, 0.15) is 11.8 Å². The number of methoxy groups -OCH3 is 1. The Hall–Kier alpha value is -2.07. The van der Waals surface area contributed by atoms with Crippen molar-refractivity contribution in [3.05, 3.63) is 60.2 Å². The first-order valence-corrected chi connectivity index (χ1v) is 12.5. The molecule has 0 aliphatic carbocycles. The lowest BCUT2D eigenvalue weighted by atomic mass is 9.80. The van der Waals surface area contributed by atoms with Gasteiger partial charge in [-0.3, -0.25) is 10.0 Å². The fraction of sp³-hybridized carbons (Fsp3) is 0.409. The topological polar surface area (TPSA) is 95.9 Å². The summed E-state index contributed by atoms with van der Waals surface area (Å²) in [5.41, 5.74) is 2.38. The summed E-state index contributed by atoms with van der Waals surface area (Å²) >= 11 is 1.65. The van der Waals surface area contributed by atoms with E-state index < -0.39 is 27.4 Å². The molecule has 1 fully saturated rings. The molecule has 31 heavy (non-hydrogen) atoms. The van der Waals surface area contributed by atoms with Gasteiger partial charge in [0.15, 0.2) is 0 Å². The van der Waals surface area contributed by atoms with E-state index in [0.29, 0.717) is 11.5 Å². The molecule has 1 aliphatic rings. The molecule has 1 saturated heterocycles. The summed E-state index contributed by atoms with van der Waals surface area (Å²) in [6, 6.07) is 15.0. The van der Waals surface area contributed by atoms with Gasteiger partial charge in [0, 0.05) is 12.3 Å². The van der Waals surface area contributed by atoms with Crippen molar-refractivity contribution >= 4 is 27.7 Å². The summed E-state index contributed by atoms with van der Waals surface area (Å²) in [6.45, 7) is 4.10. The summed E-state index contributed by atoms with van der Waals surface area (Å²) in [7, 11) is -2.45. The number of carbonyl (C=O) groups is 1. The van der Waals surface area contributed by atoms with Crippen molar-refractivity contribution in [1.82, 2.24) is 9.79 Å². The zero-order valence-corrected chi connectivity index (χ0v) is 19.4. The number of ether oxygens (including phenoxy) is 1. The van der Waals surface area contributed by atoms with Crippen molar-refractivity contribution in [3.8, 4) is 5.75 Å². The number of hydroxylamine groups is 1. The van der Waals surface area contributed by atoms with E-state index in [0.717, 1.165) is 11.3 Å². The lowest BCUT2D eigenvalue weighted by Gasteiger charge is -2.28. The van der Waals surface area contributed by atoms with Crippen LogP contribution in [0.3, 0.4) is 0 Å². The van der Waals surface area contributed by atoms with Crippen LogP contribution in [0.15, 0.2) is 59.5 Å². The number of hydrogen-bond acceptors (Lipinski definition) is 6. The minimum atomic E-state index is -3.95. The third-order valence-corrected chi connectivity index (χ3v) is 8.69. The van der Waals surface area contributed by atoms with Crippen LogP contribution in [0, 0.1) is 11.3 Å². The monoisotopic (exact) mass is 464 g/mol. The Balaban J connectivity index is 1.86. The van der Waals surface area contributed by atoms with E-state index in [1.165, 1.54) is 23.5 Å². The van der Waals surface area contributed by atoms with E-state index in [4.69, 9.17) is 4.74 Å². The average Bonchev–Trinajstić information content (AvgIpc) is 3.05. The predicted octanol–water partition coefficient (Wildman–Crippen LogP) is 3.15. The normalized spacial score (nSPS) is 21.0. The molecule has 2 N–H and O–H groups in total. The summed E-state index contributed by atoms with van der Waals surface area (Å²) in [4.78, 5) is 12.7. The SMILES string of the molecule is COc1ccc(S(=O)(=O)N2CC(C)(C)[C@@H](CSCc3ccccc3)[C@@H]2C(=O)NO)cc1. The summed E-state index contributed by atoms with van der Waals surface area (Å²) in [5, 5.41) is 9.36. The van der Waals surface area contributed by atoms with E-state index in [9.17, 15) is 18.4 Å². The minimum absolute atomic E-state index is 0.0810. The number of rotatable bonds is 8. The van der Waals surface area contributed by atoms with E-state index in [2.05, 4.69) is 0 Å². The first kappa shape index (κ1) is 23.6. The van der Waals surface area contributed by atoms with Gasteiger partial charge in [-0.1, -0.05) is 44.2 Å². The van der Waals surface area contributed by atoms with Gasteiger partial charge < -0.3 is 4.74 Å². The number of carbonyl (C=O) groups excluding carboxylic acids is 1. The Bertz CT molecular complexity index is 994. The molecule has 1 amide bonds. The second-order valence-electron chi connectivity index (χ2n) is 8.24. The number of sulfonamides is 1. The van der Waals surface area contributed by atoms with Gasteiger partial charge in [0.05, 0.1) is 12.0 Å². The molecular weight excluding hydrogens is 436 g/mol. The maximum atomic E-state index is 13.4. The fourth-order valence-corrected chi connectivity index (χ4v) is 7.17. The van der Waals surface area contributed by atoms with Crippen LogP contribution in [0.25, 0.3) is 0 Å². The van der Waals surface area contributed by atoms with Crippen molar-refractivity contribution < 1.29 is 23.2 Å². The molecule has 0 saturated carbocycles. The first-order chi connectivity index (χ1) is 14.7. The Kier molecular flexibility index (Phi) is 7.31. The molecule has 9 heteroatoms.